The standard InChI is InChI=1S/C20H26N4O/c1-16-7-8-21-24(16)15-20(25)23-10-4-9-22(11-12-23)19-13-17-5-2-3-6-18(17)14-19/h2-3,5-8,19H,4,9-15H2,1H3. The van der Waals surface area contributed by atoms with Crippen LogP contribution in [0.2, 0.25) is 0 Å². The minimum Gasteiger partial charge on any atom is -0.340 e. The van der Waals surface area contributed by atoms with Gasteiger partial charge in [-0.15, -0.1) is 0 Å². The Hall–Kier alpha value is -2.14. The average molecular weight is 338 g/mol. The van der Waals surface area contributed by atoms with Crippen LogP contribution in [0.4, 0.5) is 0 Å². The first-order valence-corrected chi connectivity index (χ1v) is 9.28. The molecule has 1 saturated heterocycles. The number of hydrogen-bond donors (Lipinski definition) is 0. The van der Waals surface area contributed by atoms with Gasteiger partial charge in [-0.3, -0.25) is 14.4 Å². The van der Waals surface area contributed by atoms with Crippen molar-refractivity contribution in [2.45, 2.75) is 38.8 Å². The van der Waals surface area contributed by atoms with E-state index in [-0.39, 0.29) is 5.91 Å². The van der Waals surface area contributed by atoms with E-state index in [1.807, 2.05) is 17.9 Å². The van der Waals surface area contributed by atoms with Gasteiger partial charge in [-0.1, -0.05) is 24.3 Å². The van der Waals surface area contributed by atoms with Crippen LogP contribution < -0.4 is 0 Å². The summed E-state index contributed by atoms with van der Waals surface area (Å²) in [4.78, 5) is 17.2. The molecule has 25 heavy (non-hydrogen) atoms. The quantitative estimate of drug-likeness (QED) is 0.858. The van der Waals surface area contributed by atoms with Crippen LogP contribution in [0.5, 0.6) is 0 Å². The van der Waals surface area contributed by atoms with E-state index in [1.54, 1.807) is 10.9 Å². The van der Waals surface area contributed by atoms with Crippen LogP contribution in [0.25, 0.3) is 0 Å². The smallest absolute Gasteiger partial charge is 0.244 e. The Morgan fingerprint density at radius 3 is 2.52 bits per heavy atom. The van der Waals surface area contributed by atoms with E-state index in [2.05, 4.69) is 34.3 Å². The second-order valence-electron chi connectivity index (χ2n) is 7.23. The van der Waals surface area contributed by atoms with Crippen molar-refractivity contribution >= 4 is 5.91 Å². The second kappa shape index (κ2) is 7.00. The molecule has 1 aromatic heterocycles. The average Bonchev–Trinajstić information content (AvgIpc) is 3.13. The summed E-state index contributed by atoms with van der Waals surface area (Å²) in [6, 6.07) is 11.3. The SMILES string of the molecule is Cc1ccnn1CC(=O)N1CCCN(C2Cc3ccccc3C2)CC1. The Morgan fingerprint density at radius 1 is 1.08 bits per heavy atom. The fourth-order valence-electron chi connectivity index (χ4n) is 4.14. The molecule has 2 heterocycles. The van der Waals surface area contributed by atoms with E-state index in [4.69, 9.17) is 0 Å². The van der Waals surface area contributed by atoms with Gasteiger partial charge in [0, 0.05) is 44.1 Å². The topological polar surface area (TPSA) is 41.4 Å². The molecule has 1 aliphatic carbocycles. The van der Waals surface area contributed by atoms with Crippen molar-refractivity contribution in [1.82, 2.24) is 19.6 Å². The fraction of sp³-hybridized carbons (Fsp3) is 0.500. The second-order valence-corrected chi connectivity index (χ2v) is 7.23. The molecule has 1 aromatic carbocycles. The molecule has 1 amide bonds. The summed E-state index contributed by atoms with van der Waals surface area (Å²) >= 11 is 0. The minimum atomic E-state index is 0.184. The molecule has 2 aromatic rings. The van der Waals surface area contributed by atoms with Crippen molar-refractivity contribution in [3.05, 3.63) is 53.3 Å². The summed E-state index contributed by atoms with van der Waals surface area (Å²) in [5, 5.41) is 4.23. The van der Waals surface area contributed by atoms with Crippen molar-refractivity contribution in [2.24, 2.45) is 0 Å². The van der Waals surface area contributed by atoms with Crippen LogP contribution in [0.15, 0.2) is 36.5 Å². The first-order chi connectivity index (χ1) is 12.2. The van der Waals surface area contributed by atoms with Crippen molar-refractivity contribution in [3.8, 4) is 0 Å². The molecule has 4 rings (SSSR count). The van der Waals surface area contributed by atoms with Crippen molar-refractivity contribution < 1.29 is 4.79 Å². The molecule has 5 nitrogen and oxygen atoms in total. The molecule has 0 N–H and O–H groups in total. The summed E-state index contributed by atoms with van der Waals surface area (Å²) in [5.41, 5.74) is 4.03. The maximum Gasteiger partial charge on any atom is 0.244 e. The molecule has 0 atom stereocenters. The van der Waals surface area contributed by atoms with Crippen molar-refractivity contribution in [1.29, 1.82) is 0 Å². The predicted molar refractivity (Wildman–Crippen MR) is 97.4 cm³/mol. The van der Waals surface area contributed by atoms with E-state index in [9.17, 15) is 4.79 Å². The number of fused-ring (bicyclic) bond motifs is 1. The van der Waals surface area contributed by atoms with E-state index >= 15 is 0 Å². The largest absolute Gasteiger partial charge is 0.340 e. The summed E-state index contributed by atoms with van der Waals surface area (Å²) in [6.07, 6.45) is 5.11. The predicted octanol–water partition coefficient (Wildman–Crippen LogP) is 1.89. The van der Waals surface area contributed by atoms with E-state index in [0.717, 1.165) is 51.1 Å². The van der Waals surface area contributed by atoms with Crippen LogP contribution in [-0.2, 0) is 24.2 Å². The maximum absolute atomic E-state index is 12.6. The molecule has 1 fully saturated rings. The molecular formula is C20H26N4O. The normalized spacial score (nSPS) is 19.0. The molecule has 2 aliphatic rings. The molecular weight excluding hydrogens is 312 g/mol. The molecule has 0 radical (unpaired) electrons. The highest BCUT2D eigenvalue weighted by Gasteiger charge is 2.28. The Bertz CT molecular complexity index is 729. The molecule has 0 unspecified atom stereocenters. The van der Waals surface area contributed by atoms with Crippen LogP contribution in [0, 0.1) is 6.92 Å². The zero-order valence-electron chi connectivity index (χ0n) is 14.9. The third-order valence-electron chi connectivity index (χ3n) is 5.64. The number of carbonyl (C=O) groups excluding carboxylic acids is 1. The lowest BCUT2D eigenvalue weighted by Gasteiger charge is -2.27. The Morgan fingerprint density at radius 2 is 1.84 bits per heavy atom. The van der Waals surface area contributed by atoms with Crippen molar-refractivity contribution in [3.63, 3.8) is 0 Å². The number of aromatic nitrogens is 2. The Labute approximate surface area is 149 Å². The highest BCUT2D eigenvalue weighted by atomic mass is 16.2. The van der Waals surface area contributed by atoms with Crippen LogP contribution in [0.1, 0.15) is 23.2 Å². The third-order valence-corrected chi connectivity index (χ3v) is 5.64. The molecule has 5 heteroatoms. The highest BCUT2D eigenvalue weighted by Crippen LogP contribution is 2.26. The molecule has 1 aliphatic heterocycles. The van der Waals surface area contributed by atoms with Gasteiger partial charge in [-0.25, -0.2) is 0 Å². The summed E-state index contributed by atoms with van der Waals surface area (Å²) in [6.45, 7) is 6.09. The Kier molecular flexibility index (Phi) is 4.57. The number of rotatable bonds is 3. The number of carbonyl (C=O) groups is 1. The summed E-state index contributed by atoms with van der Waals surface area (Å²) < 4.78 is 1.79. The summed E-state index contributed by atoms with van der Waals surface area (Å²) in [5.74, 6) is 0.184. The van der Waals surface area contributed by atoms with Gasteiger partial charge in [0.2, 0.25) is 5.91 Å². The van der Waals surface area contributed by atoms with Gasteiger partial charge in [0.1, 0.15) is 6.54 Å². The first kappa shape index (κ1) is 16.3. The van der Waals surface area contributed by atoms with E-state index in [1.165, 1.54) is 11.1 Å². The minimum absolute atomic E-state index is 0.184. The number of hydrogen-bond acceptors (Lipinski definition) is 3. The van der Waals surface area contributed by atoms with Gasteiger partial charge >= 0.3 is 0 Å². The summed E-state index contributed by atoms with van der Waals surface area (Å²) in [7, 11) is 0. The lowest BCUT2D eigenvalue weighted by molar-refractivity contribution is -0.132. The number of benzene rings is 1. The zero-order valence-corrected chi connectivity index (χ0v) is 14.9. The maximum atomic E-state index is 12.6. The molecule has 132 valence electrons. The van der Waals surface area contributed by atoms with Crippen LogP contribution in [0.3, 0.4) is 0 Å². The van der Waals surface area contributed by atoms with Gasteiger partial charge in [-0.05, 0) is 43.4 Å². The molecule has 0 bridgehead atoms. The number of amides is 1. The zero-order chi connectivity index (χ0) is 17.2. The number of nitrogens with zero attached hydrogens (tertiary/aromatic N) is 4. The van der Waals surface area contributed by atoms with Gasteiger partial charge in [0.25, 0.3) is 0 Å². The van der Waals surface area contributed by atoms with E-state index < -0.39 is 0 Å². The monoisotopic (exact) mass is 338 g/mol. The van der Waals surface area contributed by atoms with Gasteiger partial charge in [-0.2, -0.15) is 5.10 Å². The molecule has 0 spiro atoms. The third kappa shape index (κ3) is 3.47. The highest BCUT2D eigenvalue weighted by molar-refractivity contribution is 5.76. The van der Waals surface area contributed by atoms with Crippen LogP contribution >= 0.6 is 0 Å². The first-order valence-electron chi connectivity index (χ1n) is 9.28. The Balaban J connectivity index is 1.35. The van der Waals surface area contributed by atoms with Gasteiger partial charge < -0.3 is 4.90 Å². The number of aryl methyl sites for hydroxylation is 1. The lowest BCUT2D eigenvalue weighted by Crippen LogP contribution is -2.40. The van der Waals surface area contributed by atoms with E-state index in [0.29, 0.717) is 12.6 Å². The van der Waals surface area contributed by atoms with Crippen LogP contribution in [-0.4, -0.2) is 57.7 Å². The van der Waals surface area contributed by atoms with Gasteiger partial charge in [0.15, 0.2) is 0 Å². The molecule has 0 saturated carbocycles. The van der Waals surface area contributed by atoms with Crippen molar-refractivity contribution in [2.75, 3.05) is 26.2 Å². The van der Waals surface area contributed by atoms with Gasteiger partial charge in [0.05, 0.1) is 0 Å². The fourth-order valence-corrected chi connectivity index (χ4v) is 4.14. The lowest BCUT2D eigenvalue weighted by atomic mass is 10.1.